The Bertz CT molecular complexity index is 667. The standard InChI is InChI=1S/C14H17BrN4O2/c1-4-21-13-6-11(15)10(5-12(13)20-3)7-17-19-8-9(2)18-14(19)16/h5-8H,4H2,1-3H3,(H2,16,18). The van der Waals surface area contributed by atoms with E-state index in [9.17, 15) is 0 Å². The zero-order chi connectivity index (χ0) is 15.4. The largest absolute Gasteiger partial charge is 0.493 e. The summed E-state index contributed by atoms with van der Waals surface area (Å²) in [7, 11) is 1.60. The van der Waals surface area contributed by atoms with Crippen LogP contribution in [0.2, 0.25) is 0 Å². The van der Waals surface area contributed by atoms with Crippen molar-refractivity contribution in [3.8, 4) is 11.5 Å². The summed E-state index contributed by atoms with van der Waals surface area (Å²) in [6.07, 6.45) is 3.44. The van der Waals surface area contributed by atoms with E-state index < -0.39 is 0 Å². The number of rotatable bonds is 5. The SMILES string of the molecule is CCOc1cc(Br)c(C=Nn2cc(C)nc2N)cc1OC. The molecule has 0 atom stereocenters. The fourth-order valence-corrected chi connectivity index (χ4v) is 2.22. The van der Waals surface area contributed by atoms with Crippen molar-refractivity contribution in [2.24, 2.45) is 5.10 Å². The van der Waals surface area contributed by atoms with E-state index in [0.29, 0.717) is 24.1 Å². The second-order valence-electron chi connectivity index (χ2n) is 4.29. The monoisotopic (exact) mass is 352 g/mol. The molecule has 2 aromatic rings. The lowest BCUT2D eigenvalue weighted by Gasteiger charge is -2.11. The van der Waals surface area contributed by atoms with Gasteiger partial charge in [-0.15, -0.1) is 0 Å². The molecule has 0 aliphatic heterocycles. The van der Waals surface area contributed by atoms with Crippen molar-refractivity contribution in [3.63, 3.8) is 0 Å². The maximum absolute atomic E-state index is 5.75. The highest BCUT2D eigenvalue weighted by atomic mass is 79.9. The predicted octanol–water partition coefficient (Wildman–Crippen LogP) is 2.83. The van der Waals surface area contributed by atoms with Crippen LogP contribution in [0.1, 0.15) is 18.2 Å². The molecule has 21 heavy (non-hydrogen) atoms. The molecule has 0 saturated carbocycles. The van der Waals surface area contributed by atoms with Crippen LogP contribution in [0.3, 0.4) is 0 Å². The number of aryl methyl sites for hydroxylation is 1. The third-order valence-corrected chi connectivity index (χ3v) is 3.43. The van der Waals surface area contributed by atoms with Gasteiger partial charge in [-0.05, 0) is 41.9 Å². The Morgan fingerprint density at radius 2 is 2.19 bits per heavy atom. The molecule has 2 N–H and O–H groups in total. The van der Waals surface area contributed by atoms with Gasteiger partial charge in [0.1, 0.15) is 0 Å². The molecule has 1 aromatic heterocycles. The Balaban J connectivity index is 2.33. The molecule has 0 saturated heterocycles. The first kappa shape index (κ1) is 15.4. The normalized spacial score (nSPS) is 11.0. The van der Waals surface area contributed by atoms with Crippen LogP contribution >= 0.6 is 15.9 Å². The topological polar surface area (TPSA) is 74.7 Å². The number of anilines is 1. The molecule has 6 nitrogen and oxygen atoms in total. The molecular formula is C14H17BrN4O2. The second kappa shape index (κ2) is 6.62. The van der Waals surface area contributed by atoms with Gasteiger partial charge < -0.3 is 15.2 Å². The Kier molecular flexibility index (Phi) is 4.85. The van der Waals surface area contributed by atoms with Crippen LogP contribution in [-0.2, 0) is 0 Å². The van der Waals surface area contributed by atoms with Crippen molar-refractivity contribution in [2.75, 3.05) is 19.5 Å². The molecule has 1 heterocycles. The van der Waals surface area contributed by atoms with Gasteiger partial charge in [-0.2, -0.15) is 5.10 Å². The van der Waals surface area contributed by atoms with Crippen LogP contribution in [0.4, 0.5) is 5.95 Å². The van der Waals surface area contributed by atoms with Gasteiger partial charge in [0.25, 0.3) is 0 Å². The Labute approximate surface area is 131 Å². The zero-order valence-corrected chi connectivity index (χ0v) is 13.7. The maximum Gasteiger partial charge on any atom is 0.221 e. The second-order valence-corrected chi connectivity index (χ2v) is 5.14. The van der Waals surface area contributed by atoms with E-state index in [2.05, 4.69) is 26.0 Å². The summed E-state index contributed by atoms with van der Waals surface area (Å²) in [5, 5.41) is 4.29. The number of benzene rings is 1. The van der Waals surface area contributed by atoms with Gasteiger partial charge in [0.15, 0.2) is 11.5 Å². The summed E-state index contributed by atoms with van der Waals surface area (Å²) < 4.78 is 13.2. The fraction of sp³-hybridized carbons (Fsp3) is 0.286. The molecule has 0 aliphatic carbocycles. The first-order chi connectivity index (χ1) is 10.0. The number of ether oxygens (including phenoxy) is 2. The average molecular weight is 353 g/mol. The van der Waals surface area contributed by atoms with Crippen LogP contribution in [0.15, 0.2) is 27.9 Å². The number of aromatic nitrogens is 2. The first-order valence-corrected chi connectivity index (χ1v) is 7.20. The molecular weight excluding hydrogens is 336 g/mol. The summed E-state index contributed by atoms with van der Waals surface area (Å²) in [6.45, 7) is 4.35. The van der Waals surface area contributed by atoms with E-state index in [1.165, 1.54) is 4.68 Å². The maximum atomic E-state index is 5.75. The van der Waals surface area contributed by atoms with Gasteiger partial charge in [0.2, 0.25) is 5.95 Å². The molecule has 0 spiro atoms. The number of methoxy groups -OCH3 is 1. The van der Waals surface area contributed by atoms with Crippen LogP contribution in [0.5, 0.6) is 11.5 Å². The number of hydrogen-bond donors (Lipinski definition) is 1. The zero-order valence-electron chi connectivity index (χ0n) is 12.1. The summed E-state index contributed by atoms with van der Waals surface area (Å²) in [4.78, 5) is 4.09. The number of halogens is 1. The molecule has 0 unspecified atom stereocenters. The predicted molar refractivity (Wildman–Crippen MR) is 86.2 cm³/mol. The third-order valence-electron chi connectivity index (χ3n) is 2.74. The highest BCUT2D eigenvalue weighted by molar-refractivity contribution is 9.10. The molecule has 1 aromatic carbocycles. The van der Waals surface area contributed by atoms with Crippen molar-refractivity contribution in [3.05, 3.63) is 34.1 Å². The molecule has 0 amide bonds. The van der Waals surface area contributed by atoms with Crippen LogP contribution < -0.4 is 15.2 Å². The molecule has 0 bridgehead atoms. The van der Waals surface area contributed by atoms with Crippen LogP contribution in [-0.4, -0.2) is 29.6 Å². The number of nitrogens with zero attached hydrogens (tertiary/aromatic N) is 3. The molecule has 2 rings (SSSR count). The van der Waals surface area contributed by atoms with E-state index in [1.54, 1.807) is 19.5 Å². The minimum atomic E-state index is 0.345. The summed E-state index contributed by atoms with van der Waals surface area (Å²) in [5.41, 5.74) is 7.41. The van der Waals surface area contributed by atoms with E-state index >= 15 is 0 Å². The van der Waals surface area contributed by atoms with Gasteiger partial charge in [0.05, 0.1) is 31.8 Å². The van der Waals surface area contributed by atoms with Crippen LogP contribution in [0, 0.1) is 6.92 Å². The van der Waals surface area contributed by atoms with Gasteiger partial charge >= 0.3 is 0 Å². The highest BCUT2D eigenvalue weighted by Crippen LogP contribution is 2.32. The summed E-state index contributed by atoms with van der Waals surface area (Å²) in [5.74, 6) is 1.68. The van der Waals surface area contributed by atoms with Gasteiger partial charge in [-0.3, -0.25) is 0 Å². The molecule has 0 fully saturated rings. The quantitative estimate of drug-likeness (QED) is 0.839. The van der Waals surface area contributed by atoms with E-state index in [0.717, 1.165) is 15.7 Å². The van der Waals surface area contributed by atoms with Gasteiger partial charge in [0, 0.05) is 10.0 Å². The fourth-order valence-electron chi connectivity index (χ4n) is 1.80. The van der Waals surface area contributed by atoms with E-state index in [1.807, 2.05) is 26.0 Å². The minimum Gasteiger partial charge on any atom is -0.493 e. The van der Waals surface area contributed by atoms with Crippen molar-refractivity contribution >= 4 is 28.1 Å². The lowest BCUT2D eigenvalue weighted by molar-refractivity contribution is 0.310. The average Bonchev–Trinajstić information content (AvgIpc) is 2.76. The first-order valence-electron chi connectivity index (χ1n) is 6.41. The lowest BCUT2D eigenvalue weighted by atomic mass is 10.2. The van der Waals surface area contributed by atoms with E-state index in [4.69, 9.17) is 15.2 Å². The smallest absolute Gasteiger partial charge is 0.221 e. The van der Waals surface area contributed by atoms with Crippen molar-refractivity contribution in [2.45, 2.75) is 13.8 Å². The minimum absolute atomic E-state index is 0.345. The van der Waals surface area contributed by atoms with Crippen molar-refractivity contribution in [1.82, 2.24) is 9.66 Å². The van der Waals surface area contributed by atoms with Gasteiger partial charge in [-0.1, -0.05) is 0 Å². The lowest BCUT2D eigenvalue weighted by Crippen LogP contribution is -1.99. The number of nitrogen functional groups attached to an aromatic ring is 1. The van der Waals surface area contributed by atoms with Gasteiger partial charge in [-0.25, -0.2) is 9.66 Å². The molecule has 7 heteroatoms. The summed E-state index contributed by atoms with van der Waals surface area (Å²) >= 11 is 3.49. The van der Waals surface area contributed by atoms with Crippen LogP contribution in [0.25, 0.3) is 0 Å². The Morgan fingerprint density at radius 3 is 2.76 bits per heavy atom. The Hall–Kier alpha value is -2.02. The summed E-state index contributed by atoms with van der Waals surface area (Å²) in [6, 6.07) is 3.70. The van der Waals surface area contributed by atoms with E-state index in [-0.39, 0.29) is 0 Å². The third kappa shape index (κ3) is 3.55. The molecule has 0 aliphatic rings. The number of hydrogen-bond acceptors (Lipinski definition) is 5. The van der Waals surface area contributed by atoms with Crippen molar-refractivity contribution in [1.29, 1.82) is 0 Å². The number of imidazole rings is 1. The molecule has 0 radical (unpaired) electrons. The number of nitrogens with two attached hydrogens (primary N) is 1. The Morgan fingerprint density at radius 1 is 1.43 bits per heavy atom. The highest BCUT2D eigenvalue weighted by Gasteiger charge is 2.09. The van der Waals surface area contributed by atoms with Crippen molar-refractivity contribution < 1.29 is 9.47 Å². The molecule has 112 valence electrons.